The predicted molar refractivity (Wildman–Crippen MR) is 48.6 cm³/mol. The number of nitrogens with zero attached hydrogens (tertiary/aromatic N) is 1. The lowest BCUT2D eigenvalue weighted by atomic mass is 10.1. The lowest BCUT2D eigenvalue weighted by molar-refractivity contribution is 0.211. The van der Waals surface area contributed by atoms with Crippen molar-refractivity contribution >= 4 is 0 Å². The monoisotopic (exact) mass is 170 g/mol. The van der Waals surface area contributed by atoms with Crippen LogP contribution in [0, 0.1) is 17.2 Å². The van der Waals surface area contributed by atoms with Gasteiger partial charge in [-0.1, -0.05) is 13.8 Å². The zero-order chi connectivity index (χ0) is 9.40. The maximum Gasteiger partial charge on any atom is 0.0622 e. The lowest BCUT2D eigenvalue weighted by Gasteiger charge is -2.19. The third kappa shape index (κ3) is 5.11. The highest BCUT2D eigenvalue weighted by atomic mass is 16.3. The normalized spacial score (nSPS) is 12.9. The summed E-state index contributed by atoms with van der Waals surface area (Å²) in [5.74, 6) is 0.442. The largest absolute Gasteiger partial charge is 0.395 e. The summed E-state index contributed by atoms with van der Waals surface area (Å²) >= 11 is 0. The molecule has 0 aromatic rings. The number of hydrogen-bond acceptors (Lipinski definition) is 3. The van der Waals surface area contributed by atoms with Crippen molar-refractivity contribution < 1.29 is 5.11 Å². The maximum atomic E-state index is 8.93. The van der Waals surface area contributed by atoms with Crippen molar-refractivity contribution in [3.05, 3.63) is 0 Å². The van der Waals surface area contributed by atoms with Gasteiger partial charge in [0.1, 0.15) is 0 Å². The van der Waals surface area contributed by atoms with Crippen molar-refractivity contribution in [1.29, 1.82) is 5.26 Å². The van der Waals surface area contributed by atoms with Gasteiger partial charge in [0.15, 0.2) is 0 Å². The van der Waals surface area contributed by atoms with E-state index in [2.05, 4.69) is 25.2 Å². The lowest BCUT2D eigenvalue weighted by Crippen LogP contribution is -2.37. The van der Waals surface area contributed by atoms with E-state index in [1.807, 2.05) is 0 Å². The van der Waals surface area contributed by atoms with Crippen LogP contribution in [-0.2, 0) is 0 Å². The molecule has 3 nitrogen and oxygen atoms in total. The number of unbranched alkanes of at least 4 members (excludes halogenated alkanes) is 1. The summed E-state index contributed by atoms with van der Waals surface area (Å²) in [7, 11) is 0. The first-order valence-corrected chi connectivity index (χ1v) is 4.43. The Kier molecular flexibility index (Phi) is 6.73. The van der Waals surface area contributed by atoms with Gasteiger partial charge in [-0.05, 0) is 18.9 Å². The molecular weight excluding hydrogens is 152 g/mol. The molecule has 0 heterocycles. The second-order valence-corrected chi connectivity index (χ2v) is 3.25. The molecule has 1 atom stereocenters. The van der Waals surface area contributed by atoms with Crippen LogP contribution in [0.5, 0.6) is 0 Å². The molecule has 0 amide bonds. The Labute approximate surface area is 74.4 Å². The average molecular weight is 170 g/mol. The molecule has 0 radical (unpaired) electrons. The van der Waals surface area contributed by atoms with Crippen molar-refractivity contribution in [3.8, 4) is 6.07 Å². The van der Waals surface area contributed by atoms with Gasteiger partial charge < -0.3 is 10.4 Å². The molecule has 2 N–H and O–H groups in total. The molecule has 3 heteroatoms. The van der Waals surface area contributed by atoms with Crippen LogP contribution in [0.25, 0.3) is 0 Å². The highest BCUT2D eigenvalue weighted by Gasteiger charge is 2.09. The van der Waals surface area contributed by atoms with Crippen molar-refractivity contribution in [2.24, 2.45) is 5.92 Å². The number of hydrogen-bond donors (Lipinski definition) is 2. The van der Waals surface area contributed by atoms with E-state index in [1.54, 1.807) is 0 Å². The quantitative estimate of drug-likeness (QED) is 0.582. The van der Waals surface area contributed by atoms with E-state index in [1.165, 1.54) is 0 Å². The van der Waals surface area contributed by atoms with Crippen LogP contribution < -0.4 is 5.32 Å². The topological polar surface area (TPSA) is 56.0 Å². The molecule has 0 bridgehead atoms. The van der Waals surface area contributed by atoms with Crippen LogP contribution in [-0.4, -0.2) is 24.3 Å². The highest BCUT2D eigenvalue weighted by Crippen LogP contribution is 2.00. The van der Waals surface area contributed by atoms with E-state index < -0.39 is 0 Å². The molecule has 0 aliphatic rings. The minimum atomic E-state index is 0.170. The molecule has 0 rings (SSSR count). The summed E-state index contributed by atoms with van der Waals surface area (Å²) in [4.78, 5) is 0. The summed E-state index contributed by atoms with van der Waals surface area (Å²) in [6.45, 7) is 5.12. The zero-order valence-electron chi connectivity index (χ0n) is 7.88. The van der Waals surface area contributed by atoms with Gasteiger partial charge in [-0.2, -0.15) is 5.26 Å². The molecule has 0 unspecified atom stereocenters. The number of aliphatic hydroxyl groups excluding tert-OH is 1. The molecule has 0 aliphatic carbocycles. The van der Waals surface area contributed by atoms with Crippen LogP contribution in [0.3, 0.4) is 0 Å². The van der Waals surface area contributed by atoms with Crippen molar-refractivity contribution in [2.75, 3.05) is 13.2 Å². The first kappa shape index (κ1) is 11.4. The molecule has 12 heavy (non-hydrogen) atoms. The summed E-state index contributed by atoms with van der Waals surface area (Å²) < 4.78 is 0. The molecule has 70 valence electrons. The molecule has 0 spiro atoms. The minimum Gasteiger partial charge on any atom is -0.395 e. The van der Waals surface area contributed by atoms with Crippen LogP contribution in [0.1, 0.15) is 26.7 Å². The van der Waals surface area contributed by atoms with Crippen LogP contribution in [0.15, 0.2) is 0 Å². The van der Waals surface area contributed by atoms with E-state index in [-0.39, 0.29) is 12.6 Å². The fourth-order valence-corrected chi connectivity index (χ4v) is 0.966. The number of nitriles is 1. The molecule has 0 aromatic heterocycles. The van der Waals surface area contributed by atoms with Gasteiger partial charge in [0, 0.05) is 12.5 Å². The van der Waals surface area contributed by atoms with E-state index in [9.17, 15) is 0 Å². The van der Waals surface area contributed by atoms with Gasteiger partial charge in [0.25, 0.3) is 0 Å². The van der Waals surface area contributed by atoms with Crippen molar-refractivity contribution in [1.82, 2.24) is 5.32 Å². The summed E-state index contributed by atoms with van der Waals surface area (Å²) in [5, 5.41) is 20.4. The first-order chi connectivity index (χ1) is 5.72. The Morgan fingerprint density at radius 1 is 1.50 bits per heavy atom. The molecule has 0 fully saturated rings. The van der Waals surface area contributed by atoms with Crippen molar-refractivity contribution in [3.63, 3.8) is 0 Å². The standard InChI is InChI=1S/C9H18N2O/c1-8(2)9(7-12)11-6-4-3-5-10/h8-9,11-12H,3-4,6-7H2,1-2H3/t9-/m1/s1. The van der Waals surface area contributed by atoms with Crippen LogP contribution in [0.4, 0.5) is 0 Å². The minimum absolute atomic E-state index is 0.170. The predicted octanol–water partition coefficient (Wildman–Crippen LogP) is 0.897. The van der Waals surface area contributed by atoms with E-state index >= 15 is 0 Å². The Morgan fingerprint density at radius 2 is 2.17 bits per heavy atom. The number of aliphatic hydroxyl groups is 1. The van der Waals surface area contributed by atoms with E-state index in [4.69, 9.17) is 10.4 Å². The Balaban J connectivity index is 3.40. The Hall–Kier alpha value is -0.590. The summed E-state index contributed by atoms with van der Waals surface area (Å²) in [6.07, 6.45) is 1.45. The van der Waals surface area contributed by atoms with Gasteiger partial charge in [0.05, 0.1) is 12.7 Å². The Bertz CT molecular complexity index is 140. The van der Waals surface area contributed by atoms with Gasteiger partial charge in [-0.15, -0.1) is 0 Å². The number of nitrogens with one attached hydrogen (secondary N) is 1. The summed E-state index contributed by atoms with van der Waals surface area (Å²) in [5.41, 5.74) is 0. The first-order valence-electron chi connectivity index (χ1n) is 4.43. The molecule has 0 saturated heterocycles. The molecule has 0 aliphatic heterocycles. The highest BCUT2D eigenvalue weighted by molar-refractivity contribution is 4.72. The third-order valence-corrected chi connectivity index (χ3v) is 1.87. The van der Waals surface area contributed by atoms with Gasteiger partial charge >= 0.3 is 0 Å². The number of rotatable bonds is 6. The summed E-state index contributed by atoms with van der Waals surface area (Å²) in [6, 6.07) is 2.26. The zero-order valence-corrected chi connectivity index (χ0v) is 7.88. The van der Waals surface area contributed by atoms with Crippen LogP contribution >= 0.6 is 0 Å². The van der Waals surface area contributed by atoms with Gasteiger partial charge in [-0.3, -0.25) is 0 Å². The van der Waals surface area contributed by atoms with Crippen LogP contribution in [0.2, 0.25) is 0 Å². The second-order valence-electron chi connectivity index (χ2n) is 3.25. The average Bonchev–Trinajstić information content (AvgIpc) is 2.04. The molecular formula is C9H18N2O. The smallest absolute Gasteiger partial charge is 0.0622 e. The maximum absolute atomic E-state index is 8.93. The van der Waals surface area contributed by atoms with Crippen molar-refractivity contribution in [2.45, 2.75) is 32.7 Å². The SMILES string of the molecule is CC(C)[C@@H](CO)NCCCC#N. The Morgan fingerprint density at radius 3 is 2.58 bits per heavy atom. The molecule has 0 saturated carbocycles. The van der Waals surface area contributed by atoms with E-state index in [0.717, 1.165) is 13.0 Å². The van der Waals surface area contributed by atoms with E-state index in [0.29, 0.717) is 12.3 Å². The fraction of sp³-hybridized carbons (Fsp3) is 0.889. The van der Waals surface area contributed by atoms with Gasteiger partial charge in [0.2, 0.25) is 0 Å². The second kappa shape index (κ2) is 7.08. The van der Waals surface area contributed by atoms with Gasteiger partial charge in [-0.25, -0.2) is 0 Å². The third-order valence-electron chi connectivity index (χ3n) is 1.87. The molecule has 0 aromatic carbocycles. The fourth-order valence-electron chi connectivity index (χ4n) is 0.966.